The molecule has 1 aromatic heterocycles. The van der Waals surface area contributed by atoms with Gasteiger partial charge in [-0.1, -0.05) is 11.6 Å². The summed E-state index contributed by atoms with van der Waals surface area (Å²) in [6, 6.07) is 1.48. The summed E-state index contributed by atoms with van der Waals surface area (Å²) in [7, 11) is 0. The zero-order chi connectivity index (χ0) is 13.3. The fourth-order valence-corrected chi connectivity index (χ4v) is 1.39. The Hall–Kier alpha value is -1.60. The van der Waals surface area contributed by atoms with E-state index < -0.39 is 17.5 Å². The summed E-state index contributed by atoms with van der Waals surface area (Å²) in [5.74, 6) is -4.31. The summed E-state index contributed by atoms with van der Waals surface area (Å²) < 4.78 is 38.7. The molecule has 0 amide bonds. The average molecular weight is 295 g/mol. The van der Waals surface area contributed by atoms with Gasteiger partial charge in [0, 0.05) is 17.8 Å². The van der Waals surface area contributed by atoms with Crippen molar-refractivity contribution in [2.45, 2.75) is 0 Å². The summed E-state index contributed by atoms with van der Waals surface area (Å²) in [6.07, 6.45) is 0. The maximum absolute atomic E-state index is 13.0. The number of rotatable bonds is 2. The van der Waals surface area contributed by atoms with Crippen molar-refractivity contribution in [1.29, 1.82) is 0 Å². The summed E-state index contributed by atoms with van der Waals surface area (Å²) in [5, 5.41) is 8.88. The number of hydrogen-bond acceptors (Lipinski definition) is 4. The third kappa shape index (κ3) is 2.62. The molecule has 1 heterocycles. The Bertz CT molecular complexity index is 585. The van der Waals surface area contributed by atoms with Crippen molar-refractivity contribution in [3.63, 3.8) is 0 Å². The second-order valence-corrected chi connectivity index (χ2v) is 3.80. The molecule has 94 valence electrons. The van der Waals surface area contributed by atoms with E-state index in [0.29, 0.717) is 0 Å². The smallest absolute Gasteiger partial charge is 0.245 e. The molecule has 1 N–H and O–H groups in total. The van der Waals surface area contributed by atoms with E-state index in [1.165, 1.54) is 0 Å². The van der Waals surface area contributed by atoms with E-state index in [-0.39, 0.29) is 21.9 Å². The molecule has 0 bridgehead atoms. The zero-order valence-corrected chi connectivity index (χ0v) is 9.90. The van der Waals surface area contributed by atoms with Crippen LogP contribution in [0, 0.1) is 17.5 Å². The minimum absolute atomic E-state index is 0.0536. The zero-order valence-electron chi connectivity index (χ0n) is 8.39. The van der Waals surface area contributed by atoms with E-state index in [0.717, 1.165) is 12.1 Å². The predicted molar refractivity (Wildman–Crippen MR) is 59.4 cm³/mol. The second kappa shape index (κ2) is 4.95. The van der Waals surface area contributed by atoms with Gasteiger partial charge in [-0.2, -0.15) is 4.98 Å². The van der Waals surface area contributed by atoms with Gasteiger partial charge < -0.3 is 5.32 Å². The molecule has 2 rings (SSSR count). The maximum atomic E-state index is 13.0. The first kappa shape index (κ1) is 12.8. The second-order valence-electron chi connectivity index (χ2n) is 3.10. The summed E-state index contributed by atoms with van der Waals surface area (Å²) in [6.45, 7) is 0. The Kier molecular flexibility index (Phi) is 3.53. The van der Waals surface area contributed by atoms with Gasteiger partial charge in [0.2, 0.25) is 5.28 Å². The van der Waals surface area contributed by atoms with Crippen molar-refractivity contribution in [3.8, 4) is 0 Å². The van der Waals surface area contributed by atoms with Crippen LogP contribution in [0.4, 0.5) is 24.7 Å². The SMILES string of the molecule is Fc1cc(Nc2nc(Cl)nnc2Cl)cc(F)c1F. The van der Waals surface area contributed by atoms with Crippen LogP contribution in [0.2, 0.25) is 10.4 Å². The highest BCUT2D eigenvalue weighted by Gasteiger charge is 2.12. The number of aromatic nitrogens is 3. The Balaban J connectivity index is 2.37. The summed E-state index contributed by atoms with van der Waals surface area (Å²) in [5.41, 5.74) is -0.0927. The predicted octanol–water partition coefficient (Wildman–Crippen LogP) is 3.34. The molecule has 4 nitrogen and oxygen atoms in total. The van der Waals surface area contributed by atoms with Crippen LogP contribution in [0.15, 0.2) is 12.1 Å². The van der Waals surface area contributed by atoms with E-state index in [4.69, 9.17) is 23.2 Å². The fourth-order valence-electron chi connectivity index (χ4n) is 1.14. The molecule has 0 spiro atoms. The molecular formula is C9H3Cl2F3N4. The van der Waals surface area contributed by atoms with Crippen molar-refractivity contribution in [2.75, 3.05) is 5.32 Å². The minimum atomic E-state index is -1.56. The molecule has 0 radical (unpaired) electrons. The van der Waals surface area contributed by atoms with Gasteiger partial charge in [-0.25, -0.2) is 13.2 Å². The van der Waals surface area contributed by atoms with Gasteiger partial charge in [-0.05, 0) is 11.6 Å². The molecule has 0 aliphatic heterocycles. The van der Waals surface area contributed by atoms with Crippen LogP contribution in [0.1, 0.15) is 0 Å². The highest BCUT2D eigenvalue weighted by molar-refractivity contribution is 6.32. The normalized spacial score (nSPS) is 10.5. The molecule has 0 aliphatic rings. The highest BCUT2D eigenvalue weighted by atomic mass is 35.5. The van der Waals surface area contributed by atoms with Crippen molar-refractivity contribution in [1.82, 2.24) is 15.2 Å². The molecule has 0 saturated heterocycles. The van der Waals surface area contributed by atoms with Crippen molar-refractivity contribution >= 4 is 34.7 Å². The standard InChI is InChI=1S/C9H3Cl2F3N4/c10-7-8(16-9(11)18-17-7)15-3-1-4(12)6(14)5(13)2-3/h1-2H,(H,15,16,18). The molecular weight excluding hydrogens is 292 g/mol. The molecule has 0 aliphatic carbocycles. The van der Waals surface area contributed by atoms with Crippen LogP contribution >= 0.6 is 23.2 Å². The number of nitrogens with zero attached hydrogens (tertiary/aromatic N) is 3. The van der Waals surface area contributed by atoms with Crippen molar-refractivity contribution < 1.29 is 13.2 Å². The number of anilines is 2. The molecule has 0 fully saturated rings. The van der Waals surface area contributed by atoms with Gasteiger partial charge in [0.25, 0.3) is 0 Å². The van der Waals surface area contributed by atoms with E-state index >= 15 is 0 Å². The number of halogens is 5. The van der Waals surface area contributed by atoms with E-state index in [1.54, 1.807) is 0 Å². The van der Waals surface area contributed by atoms with Crippen LogP contribution in [0.25, 0.3) is 0 Å². The topological polar surface area (TPSA) is 50.7 Å². The lowest BCUT2D eigenvalue weighted by atomic mass is 10.3. The summed E-state index contributed by atoms with van der Waals surface area (Å²) >= 11 is 11.1. The van der Waals surface area contributed by atoms with Gasteiger partial charge in [0.05, 0.1) is 0 Å². The van der Waals surface area contributed by atoms with Crippen LogP contribution < -0.4 is 5.32 Å². The molecule has 18 heavy (non-hydrogen) atoms. The van der Waals surface area contributed by atoms with Gasteiger partial charge in [0.15, 0.2) is 28.4 Å². The van der Waals surface area contributed by atoms with E-state index in [9.17, 15) is 13.2 Å². The Morgan fingerprint density at radius 1 is 1.00 bits per heavy atom. The number of hydrogen-bond donors (Lipinski definition) is 1. The Morgan fingerprint density at radius 3 is 2.22 bits per heavy atom. The highest BCUT2D eigenvalue weighted by Crippen LogP contribution is 2.24. The molecule has 1 aromatic carbocycles. The Labute approximate surface area is 109 Å². The fraction of sp³-hybridized carbons (Fsp3) is 0. The van der Waals surface area contributed by atoms with Crippen LogP contribution in [0.3, 0.4) is 0 Å². The van der Waals surface area contributed by atoms with Crippen molar-refractivity contribution in [3.05, 3.63) is 40.0 Å². The number of benzene rings is 1. The van der Waals surface area contributed by atoms with Gasteiger partial charge >= 0.3 is 0 Å². The molecule has 9 heteroatoms. The molecule has 0 unspecified atom stereocenters. The molecule has 0 saturated carbocycles. The van der Waals surface area contributed by atoms with Crippen LogP contribution in [-0.2, 0) is 0 Å². The van der Waals surface area contributed by atoms with Gasteiger partial charge in [-0.15, -0.1) is 10.2 Å². The van der Waals surface area contributed by atoms with E-state index in [1.807, 2.05) is 0 Å². The van der Waals surface area contributed by atoms with E-state index in [2.05, 4.69) is 20.5 Å². The first-order valence-corrected chi connectivity index (χ1v) is 5.20. The third-order valence-electron chi connectivity index (χ3n) is 1.87. The van der Waals surface area contributed by atoms with Gasteiger partial charge in [0.1, 0.15) is 0 Å². The lowest BCUT2D eigenvalue weighted by Gasteiger charge is -2.07. The molecule has 2 aromatic rings. The summed E-state index contributed by atoms with van der Waals surface area (Å²) in [4.78, 5) is 3.66. The van der Waals surface area contributed by atoms with Crippen LogP contribution in [0.5, 0.6) is 0 Å². The average Bonchev–Trinajstić information content (AvgIpc) is 2.31. The van der Waals surface area contributed by atoms with Gasteiger partial charge in [-0.3, -0.25) is 0 Å². The number of nitrogens with one attached hydrogen (secondary N) is 1. The third-order valence-corrected chi connectivity index (χ3v) is 2.28. The van der Waals surface area contributed by atoms with Crippen LogP contribution in [-0.4, -0.2) is 15.2 Å². The molecule has 0 atom stereocenters. The Morgan fingerprint density at radius 2 is 1.61 bits per heavy atom. The largest absolute Gasteiger partial charge is 0.337 e. The monoisotopic (exact) mass is 294 g/mol. The maximum Gasteiger partial charge on any atom is 0.245 e. The quantitative estimate of drug-likeness (QED) is 0.863. The lowest BCUT2D eigenvalue weighted by molar-refractivity contribution is 0.448. The first-order valence-electron chi connectivity index (χ1n) is 4.44. The van der Waals surface area contributed by atoms with Crippen molar-refractivity contribution in [2.24, 2.45) is 0 Å². The first-order chi connectivity index (χ1) is 8.47. The lowest BCUT2D eigenvalue weighted by Crippen LogP contribution is -2.01. The minimum Gasteiger partial charge on any atom is -0.337 e.